The van der Waals surface area contributed by atoms with Crippen LogP contribution in [0.1, 0.15) is 37.0 Å². The van der Waals surface area contributed by atoms with E-state index < -0.39 is 10.0 Å². The summed E-state index contributed by atoms with van der Waals surface area (Å²) in [6.45, 7) is 0.908. The highest BCUT2D eigenvalue weighted by molar-refractivity contribution is 7.89. The predicted molar refractivity (Wildman–Crippen MR) is 78.6 cm³/mol. The van der Waals surface area contributed by atoms with Crippen LogP contribution in [0.15, 0.2) is 16.3 Å². The zero-order chi connectivity index (χ0) is 13.9. The summed E-state index contributed by atoms with van der Waals surface area (Å²) in [5, 5.41) is 1.80. The summed E-state index contributed by atoms with van der Waals surface area (Å²) < 4.78 is 26.6. The Morgan fingerprint density at radius 3 is 2.68 bits per heavy atom. The highest BCUT2D eigenvalue weighted by Gasteiger charge is 2.27. The summed E-state index contributed by atoms with van der Waals surface area (Å²) in [6, 6.07) is 1.67. The average Bonchev–Trinajstić information content (AvgIpc) is 2.88. The van der Waals surface area contributed by atoms with Crippen LogP contribution in [0, 0.1) is 5.92 Å². The Morgan fingerprint density at radius 1 is 1.37 bits per heavy atom. The molecule has 1 aliphatic carbocycles. The maximum absolute atomic E-state index is 12.5. The molecule has 4 nitrogen and oxygen atoms in total. The Morgan fingerprint density at radius 2 is 2.05 bits per heavy atom. The highest BCUT2D eigenvalue weighted by Crippen LogP contribution is 2.28. The molecule has 0 aliphatic heterocycles. The van der Waals surface area contributed by atoms with Gasteiger partial charge in [0.25, 0.3) is 0 Å². The molecule has 0 unspecified atom stereocenters. The minimum absolute atomic E-state index is 0.281. The van der Waals surface area contributed by atoms with E-state index in [1.165, 1.54) is 34.9 Å². The number of hydrogen-bond acceptors (Lipinski definition) is 4. The smallest absolute Gasteiger partial charge is 0.243 e. The SMILES string of the molecule is CN(CC1CCCCC1)S(=O)(=O)c1ccsc1CN. The summed E-state index contributed by atoms with van der Waals surface area (Å²) >= 11 is 1.41. The van der Waals surface area contributed by atoms with Crippen LogP contribution < -0.4 is 5.73 Å². The van der Waals surface area contributed by atoms with Crippen molar-refractivity contribution in [3.05, 3.63) is 16.3 Å². The summed E-state index contributed by atoms with van der Waals surface area (Å²) in [7, 11) is -1.69. The lowest BCUT2D eigenvalue weighted by molar-refractivity contribution is 0.300. The van der Waals surface area contributed by atoms with Crippen LogP contribution >= 0.6 is 11.3 Å². The molecule has 0 atom stereocenters. The maximum atomic E-state index is 12.5. The second kappa shape index (κ2) is 6.35. The minimum Gasteiger partial charge on any atom is -0.326 e. The Bertz CT molecular complexity index is 504. The van der Waals surface area contributed by atoms with Gasteiger partial charge in [-0.25, -0.2) is 12.7 Å². The minimum atomic E-state index is -3.37. The zero-order valence-electron chi connectivity index (χ0n) is 11.3. The van der Waals surface area contributed by atoms with E-state index in [4.69, 9.17) is 5.73 Å². The van der Waals surface area contributed by atoms with Gasteiger partial charge in [0.15, 0.2) is 0 Å². The molecule has 0 aromatic carbocycles. The fraction of sp³-hybridized carbons (Fsp3) is 0.692. The Hall–Kier alpha value is -0.430. The quantitative estimate of drug-likeness (QED) is 0.908. The number of thiophene rings is 1. The zero-order valence-corrected chi connectivity index (χ0v) is 13.0. The van der Waals surface area contributed by atoms with E-state index in [-0.39, 0.29) is 6.54 Å². The first-order valence-corrected chi connectivity index (χ1v) is 9.10. The van der Waals surface area contributed by atoms with Crippen LogP contribution in [0.25, 0.3) is 0 Å². The lowest BCUT2D eigenvalue weighted by Crippen LogP contribution is -2.33. The second-order valence-corrected chi connectivity index (χ2v) is 8.22. The Kier molecular flexibility index (Phi) is 5.00. The van der Waals surface area contributed by atoms with Gasteiger partial charge in [-0.2, -0.15) is 0 Å². The average molecular weight is 302 g/mol. The molecule has 1 aromatic rings. The normalized spacial score (nSPS) is 18.1. The summed E-state index contributed by atoms with van der Waals surface area (Å²) in [5.41, 5.74) is 5.60. The van der Waals surface area contributed by atoms with Crippen molar-refractivity contribution in [2.75, 3.05) is 13.6 Å². The van der Waals surface area contributed by atoms with Crippen LogP contribution in [0.4, 0.5) is 0 Å². The molecule has 2 N–H and O–H groups in total. The highest BCUT2D eigenvalue weighted by atomic mass is 32.2. The van der Waals surface area contributed by atoms with Crippen LogP contribution in [-0.2, 0) is 16.6 Å². The van der Waals surface area contributed by atoms with Crippen LogP contribution in [0.5, 0.6) is 0 Å². The van der Waals surface area contributed by atoms with E-state index in [1.807, 2.05) is 0 Å². The molecule has 1 aromatic heterocycles. The van der Waals surface area contributed by atoms with Gasteiger partial charge < -0.3 is 5.73 Å². The monoisotopic (exact) mass is 302 g/mol. The van der Waals surface area contributed by atoms with Crippen molar-refractivity contribution in [3.63, 3.8) is 0 Å². The van der Waals surface area contributed by atoms with E-state index >= 15 is 0 Å². The van der Waals surface area contributed by atoms with Crippen molar-refractivity contribution in [2.45, 2.75) is 43.5 Å². The number of hydrogen-bond donors (Lipinski definition) is 1. The molecule has 6 heteroatoms. The van der Waals surface area contributed by atoms with Crippen molar-refractivity contribution in [1.29, 1.82) is 0 Å². The summed E-state index contributed by atoms with van der Waals surface area (Å²) in [6.07, 6.45) is 6.03. The van der Waals surface area contributed by atoms with Crippen molar-refractivity contribution < 1.29 is 8.42 Å². The molecular weight excluding hydrogens is 280 g/mol. The predicted octanol–water partition coefficient (Wildman–Crippen LogP) is 2.41. The largest absolute Gasteiger partial charge is 0.326 e. The number of nitrogens with two attached hydrogens (primary N) is 1. The third-order valence-electron chi connectivity index (χ3n) is 3.82. The van der Waals surface area contributed by atoms with Gasteiger partial charge in [-0.15, -0.1) is 11.3 Å². The maximum Gasteiger partial charge on any atom is 0.243 e. The van der Waals surface area contributed by atoms with Gasteiger partial charge in [0.2, 0.25) is 10.0 Å². The lowest BCUT2D eigenvalue weighted by Gasteiger charge is -2.26. The van der Waals surface area contributed by atoms with E-state index in [2.05, 4.69) is 0 Å². The van der Waals surface area contributed by atoms with Gasteiger partial charge in [-0.1, -0.05) is 19.3 Å². The van der Waals surface area contributed by atoms with Gasteiger partial charge in [0.1, 0.15) is 0 Å². The molecule has 1 saturated carbocycles. The van der Waals surface area contributed by atoms with E-state index in [0.717, 1.165) is 17.7 Å². The van der Waals surface area contributed by atoms with E-state index in [9.17, 15) is 8.42 Å². The molecule has 1 heterocycles. The Labute approximate surface area is 119 Å². The third kappa shape index (κ3) is 3.37. The molecule has 1 fully saturated rings. The third-order valence-corrected chi connectivity index (χ3v) is 6.80. The molecule has 0 saturated heterocycles. The van der Waals surface area contributed by atoms with Crippen LogP contribution in [0.3, 0.4) is 0 Å². The molecule has 1 aliphatic rings. The first-order chi connectivity index (χ1) is 9.05. The van der Waals surface area contributed by atoms with Crippen molar-refractivity contribution in [1.82, 2.24) is 4.31 Å². The molecule has 0 bridgehead atoms. The van der Waals surface area contributed by atoms with Crippen LogP contribution in [-0.4, -0.2) is 26.3 Å². The number of sulfonamides is 1. The molecule has 0 amide bonds. The van der Waals surface area contributed by atoms with Gasteiger partial charge in [-0.3, -0.25) is 0 Å². The first kappa shape index (κ1) is 15.0. The van der Waals surface area contributed by atoms with Gasteiger partial charge in [0, 0.05) is 25.0 Å². The fourth-order valence-corrected chi connectivity index (χ4v) is 5.26. The fourth-order valence-electron chi connectivity index (χ4n) is 2.71. The summed E-state index contributed by atoms with van der Waals surface area (Å²) in [4.78, 5) is 1.13. The van der Waals surface area contributed by atoms with E-state index in [0.29, 0.717) is 17.4 Å². The van der Waals surface area contributed by atoms with Crippen molar-refractivity contribution >= 4 is 21.4 Å². The first-order valence-electron chi connectivity index (χ1n) is 6.78. The second-order valence-electron chi connectivity index (χ2n) is 5.20. The molecule has 2 rings (SSSR count). The lowest BCUT2D eigenvalue weighted by atomic mass is 9.89. The van der Waals surface area contributed by atoms with Gasteiger partial charge >= 0.3 is 0 Å². The number of rotatable bonds is 5. The van der Waals surface area contributed by atoms with Crippen LogP contribution in [0.2, 0.25) is 0 Å². The van der Waals surface area contributed by atoms with Crippen molar-refractivity contribution in [2.24, 2.45) is 11.7 Å². The van der Waals surface area contributed by atoms with Crippen molar-refractivity contribution in [3.8, 4) is 0 Å². The molecule has 19 heavy (non-hydrogen) atoms. The summed E-state index contributed by atoms with van der Waals surface area (Å²) in [5.74, 6) is 0.508. The number of nitrogens with zero attached hydrogens (tertiary/aromatic N) is 1. The van der Waals surface area contributed by atoms with E-state index in [1.54, 1.807) is 18.5 Å². The van der Waals surface area contributed by atoms with Gasteiger partial charge in [-0.05, 0) is 30.2 Å². The topological polar surface area (TPSA) is 63.4 Å². The standard InChI is InChI=1S/C13H22N2O2S2/c1-15(10-11-5-3-2-4-6-11)19(16,17)13-7-8-18-12(13)9-14/h7-8,11H,2-6,9-10,14H2,1H3. The molecule has 0 radical (unpaired) electrons. The Balaban J connectivity index is 2.10. The molecule has 108 valence electrons. The van der Waals surface area contributed by atoms with Gasteiger partial charge in [0.05, 0.1) is 4.90 Å². The molecular formula is C13H22N2O2S2. The molecule has 0 spiro atoms.